The van der Waals surface area contributed by atoms with E-state index in [1.807, 2.05) is 19.1 Å². The Morgan fingerprint density at radius 3 is 3.00 bits per heavy atom. The van der Waals surface area contributed by atoms with Gasteiger partial charge in [0.05, 0.1) is 16.3 Å². The van der Waals surface area contributed by atoms with Crippen LogP contribution in [0.15, 0.2) is 33.0 Å². The molecule has 132 valence electrons. The molecule has 8 heteroatoms. The maximum atomic E-state index is 12.4. The Kier molecular flexibility index (Phi) is 5.46. The molecule has 1 N–H and O–H groups in total. The molecule has 0 radical (unpaired) electrons. The summed E-state index contributed by atoms with van der Waals surface area (Å²) in [5.41, 5.74) is 2.42. The summed E-state index contributed by atoms with van der Waals surface area (Å²) in [5, 5.41) is 4.35. The van der Waals surface area contributed by atoms with Gasteiger partial charge in [0.25, 0.3) is 5.56 Å². The fourth-order valence-corrected chi connectivity index (χ4v) is 4.61. The van der Waals surface area contributed by atoms with Crippen molar-refractivity contribution >= 4 is 46.7 Å². The van der Waals surface area contributed by atoms with E-state index in [0.717, 1.165) is 22.6 Å². The van der Waals surface area contributed by atoms with Crippen molar-refractivity contribution in [3.8, 4) is 0 Å². The van der Waals surface area contributed by atoms with Crippen molar-refractivity contribution in [1.29, 1.82) is 0 Å². The van der Waals surface area contributed by atoms with E-state index in [-0.39, 0.29) is 17.2 Å². The number of fused-ring (bicyclic) bond motifs is 1. The second kappa shape index (κ2) is 7.43. The molecule has 0 saturated heterocycles. The van der Waals surface area contributed by atoms with Crippen molar-refractivity contribution in [2.75, 3.05) is 11.1 Å². The summed E-state index contributed by atoms with van der Waals surface area (Å²) < 4.78 is 1.52. The normalized spacial score (nSPS) is 15.9. The van der Waals surface area contributed by atoms with E-state index in [4.69, 9.17) is 11.6 Å². The Balaban J connectivity index is 1.68. The van der Waals surface area contributed by atoms with Gasteiger partial charge in [-0.2, -0.15) is 0 Å². The largest absolute Gasteiger partial charge is 0.325 e. The van der Waals surface area contributed by atoms with E-state index in [2.05, 4.69) is 17.2 Å². The van der Waals surface area contributed by atoms with Crippen LogP contribution in [0.25, 0.3) is 0 Å². The van der Waals surface area contributed by atoms with Gasteiger partial charge in [0.2, 0.25) is 5.91 Å². The fraction of sp³-hybridized carbons (Fsp3) is 0.353. The number of rotatable bonds is 4. The highest BCUT2D eigenvalue weighted by atomic mass is 35.5. The number of hydrogen-bond acceptors (Lipinski definition) is 5. The predicted molar refractivity (Wildman–Crippen MR) is 104 cm³/mol. The van der Waals surface area contributed by atoms with Crippen LogP contribution in [-0.4, -0.2) is 26.5 Å². The van der Waals surface area contributed by atoms with Crippen molar-refractivity contribution in [1.82, 2.24) is 9.55 Å². The van der Waals surface area contributed by atoms with E-state index in [1.165, 1.54) is 16.3 Å². The zero-order valence-electron chi connectivity index (χ0n) is 14.1. The molecule has 3 rings (SSSR count). The van der Waals surface area contributed by atoms with Crippen LogP contribution in [0.4, 0.5) is 5.69 Å². The monoisotopic (exact) mass is 395 g/mol. The molecule has 5 nitrogen and oxygen atoms in total. The minimum atomic E-state index is -0.164. The summed E-state index contributed by atoms with van der Waals surface area (Å²) >= 11 is 8.90. The van der Waals surface area contributed by atoms with Gasteiger partial charge in [0.1, 0.15) is 0 Å². The molecule has 0 bridgehead atoms. The molecule has 0 unspecified atom stereocenters. The maximum absolute atomic E-state index is 12.4. The predicted octanol–water partition coefficient (Wildman–Crippen LogP) is 3.51. The number of aromatic nitrogens is 2. The first-order valence-corrected chi connectivity index (χ1v) is 10.0. The van der Waals surface area contributed by atoms with E-state index in [1.54, 1.807) is 24.9 Å². The Morgan fingerprint density at radius 1 is 1.52 bits per heavy atom. The first-order valence-electron chi connectivity index (χ1n) is 7.80. The van der Waals surface area contributed by atoms with Gasteiger partial charge in [-0.25, -0.2) is 4.98 Å². The molecule has 1 atom stereocenters. The van der Waals surface area contributed by atoms with Gasteiger partial charge in [0, 0.05) is 29.4 Å². The lowest BCUT2D eigenvalue weighted by Gasteiger charge is -2.10. The number of nitrogens with zero attached hydrogens (tertiary/aromatic N) is 2. The summed E-state index contributed by atoms with van der Waals surface area (Å²) in [6, 6.07) is 5.39. The number of carbonyl (C=O) groups is 1. The van der Waals surface area contributed by atoms with Gasteiger partial charge in [-0.3, -0.25) is 14.2 Å². The molecule has 0 aliphatic carbocycles. The van der Waals surface area contributed by atoms with Crippen molar-refractivity contribution in [2.45, 2.75) is 35.6 Å². The number of hydrogen-bond donors (Lipinski definition) is 1. The smallest absolute Gasteiger partial charge is 0.267 e. The SMILES string of the molecule is Cc1ccc(NC(=O)CSc2nc3c(c(=O)n2C)S[C@H](C)C3)cc1Cl. The molecule has 1 aliphatic rings. The molecule has 0 spiro atoms. The summed E-state index contributed by atoms with van der Waals surface area (Å²) in [4.78, 5) is 29.9. The highest BCUT2D eigenvalue weighted by Crippen LogP contribution is 2.33. The molecule has 0 fully saturated rings. The number of halogens is 1. The first-order chi connectivity index (χ1) is 11.8. The summed E-state index contributed by atoms with van der Waals surface area (Å²) in [7, 11) is 1.69. The molecule has 0 saturated carbocycles. The second-order valence-corrected chi connectivity index (χ2v) is 8.77. The second-order valence-electron chi connectivity index (χ2n) is 5.97. The average molecular weight is 396 g/mol. The summed E-state index contributed by atoms with van der Waals surface area (Å²) in [6.07, 6.45) is 0.789. The lowest BCUT2D eigenvalue weighted by atomic mass is 10.2. The minimum Gasteiger partial charge on any atom is -0.325 e. The summed E-state index contributed by atoms with van der Waals surface area (Å²) in [6.45, 7) is 3.99. The van der Waals surface area contributed by atoms with Gasteiger partial charge in [-0.15, -0.1) is 11.8 Å². The van der Waals surface area contributed by atoms with Crippen LogP contribution in [0, 0.1) is 6.92 Å². The van der Waals surface area contributed by atoms with Crippen LogP contribution in [0.1, 0.15) is 18.2 Å². The van der Waals surface area contributed by atoms with Crippen molar-refractivity contribution in [2.24, 2.45) is 7.05 Å². The Bertz CT molecular complexity index is 898. The number of carbonyl (C=O) groups excluding carboxylic acids is 1. The van der Waals surface area contributed by atoms with Gasteiger partial charge in [-0.05, 0) is 24.6 Å². The topological polar surface area (TPSA) is 64.0 Å². The molecule has 1 amide bonds. The number of nitrogens with one attached hydrogen (secondary N) is 1. The van der Waals surface area contributed by atoms with Gasteiger partial charge >= 0.3 is 0 Å². The third-order valence-electron chi connectivity index (χ3n) is 3.87. The van der Waals surface area contributed by atoms with Crippen molar-refractivity contribution < 1.29 is 4.79 Å². The number of thioether (sulfide) groups is 2. The molecular weight excluding hydrogens is 378 g/mol. The molecule has 1 aromatic heterocycles. The van der Waals surface area contributed by atoms with Crippen molar-refractivity contribution in [3.05, 3.63) is 44.8 Å². The minimum absolute atomic E-state index is 0.0347. The Morgan fingerprint density at radius 2 is 2.28 bits per heavy atom. The quantitative estimate of drug-likeness (QED) is 0.634. The van der Waals surface area contributed by atoms with Crippen LogP contribution in [0.5, 0.6) is 0 Å². The Labute approximate surface area is 159 Å². The van der Waals surface area contributed by atoms with Crippen molar-refractivity contribution in [3.63, 3.8) is 0 Å². The van der Waals surface area contributed by atoms with E-state index in [9.17, 15) is 9.59 Å². The number of benzene rings is 1. The molecule has 25 heavy (non-hydrogen) atoms. The standard InChI is InChI=1S/C17H18ClN3O2S2/c1-9-4-5-11(7-12(9)18)19-14(22)8-24-17-20-13-6-10(2)25-15(13)16(23)21(17)3/h4-5,7,10H,6,8H2,1-3H3,(H,19,22)/t10-/m1/s1. The number of amides is 1. The lowest BCUT2D eigenvalue weighted by molar-refractivity contribution is -0.113. The average Bonchev–Trinajstić information content (AvgIpc) is 2.94. The molecule has 2 heterocycles. The Hall–Kier alpha value is -1.44. The zero-order valence-corrected chi connectivity index (χ0v) is 16.5. The van der Waals surface area contributed by atoms with Gasteiger partial charge in [0.15, 0.2) is 5.16 Å². The van der Waals surface area contributed by atoms with Gasteiger partial charge < -0.3 is 5.32 Å². The third kappa shape index (κ3) is 4.04. The number of aryl methyl sites for hydroxylation is 1. The molecule has 2 aromatic rings. The number of anilines is 1. The highest BCUT2D eigenvalue weighted by Gasteiger charge is 2.25. The first kappa shape index (κ1) is 18.4. The fourth-order valence-electron chi connectivity index (χ4n) is 2.50. The highest BCUT2D eigenvalue weighted by molar-refractivity contribution is 8.00. The van der Waals surface area contributed by atoms with E-state index >= 15 is 0 Å². The van der Waals surface area contributed by atoms with Gasteiger partial charge in [-0.1, -0.05) is 36.4 Å². The van der Waals surface area contributed by atoms with Crippen LogP contribution in [0.3, 0.4) is 0 Å². The van der Waals surface area contributed by atoms with E-state index < -0.39 is 0 Å². The third-order valence-corrected chi connectivity index (χ3v) is 6.52. The molecule has 1 aromatic carbocycles. The van der Waals surface area contributed by atoms with Crippen LogP contribution < -0.4 is 10.9 Å². The van der Waals surface area contributed by atoms with Crippen LogP contribution >= 0.6 is 35.1 Å². The van der Waals surface area contributed by atoms with E-state index in [0.29, 0.717) is 21.1 Å². The zero-order chi connectivity index (χ0) is 18.1. The lowest BCUT2D eigenvalue weighted by Crippen LogP contribution is -2.23. The summed E-state index contributed by atoms with van der Waals surface area (Å²) in [5.74, 6) is 0.00943. The molecular formula is C17H18ClN3O2S2. The molecule has 1 aliphatic heterocycles. The van der Waals surface area contributed by atoms with Crippen LogP contribution in [0.2, 0.25) is 5.02 Å². The van der Waals surface area contributed by atoms with Crippen LogP contribution in [-0.2, 0) is 18.3 Å². The maximum Gasteiger partial charge on any atom is 0.267 e.